The van der Waals surface area contributed by atoms with E-state index in [0.29, 0.717) is 19.7 Å². The third-order valence-corrected chi connectivity index (χ3v) is 4.84. The molecule has 4 rings (SSSR count). The number of rotatable bonds is 3. The average molecular weight is 338 g/mol. The maximum absolute atomic E-state index is 12.4. The van der Waals surface area contributed by atoms with Gasteiger partial charge in [0.05, 0.1) is 5.69 Å². The van der Waals surface area contributed by atoms with Crippen LogP contribution in [0.25, 0.3) is 11.3 Å². The maximum Gasteiger partial charge on any atom is 0.251 e. The molecule has 0 saturated carbocycles. The fourth-order valence-corrected chi connectivity index (χ4v) is 3.42. The van der Waals surface area contributed by atoms with Crippen molar-refractivity contribution in [3.05, 3.63) is 42.7 Å². The molecule has 2 aliphatic rings. The fraction of sp³-hybridized carbons (Fsp3) is 0.421. The standard InChI is InChI=1S/C19H22N4O2/c24-19(17-7-4-12-25-17)23-10-8-22(9-11-23)18-13-16(20-14-21-18)15-5-2-1-3-6-15/h1-3,5-6,13-14,17H,4,7-12H2. The zero-order chi connectivity index (χ0) is 17.1. The molecule has 1 amide bonds. The normalized spacial score (nSPS) is 20.7. The SMILES string of the molecule is O=C(C1CCCO1)N1CCN(c2cc(-c3ccccc3)ncn2)CC1. The molecule has 2 aliphatic heterocycles. The number of carbonyl (C=O) groups excluding carboxylic acids is 1. The second kappa shape index (κ2) is 7.19. The summed E-state index contributed by atoms with van der Waals surface area (Å²) in [5, 5.41) is 0. The Kier molecular flexibility index (Phi) is 4.61. The van der Waals surface area contributed by atoms with Gasteiger partial charge in [0.25, 0.3) is 5.91 Å². The summed E-state index contributed by atoms with van der Waals surface area (Å²) >= 11 is 0. The highest BCUT2D eigenvalue weighted by Gasteiger charge is 2.30. The molecule has 2 saturated heterocycles. The number of carbonyl (C=O) groups is 1. The van der Waals surface area contributed by atoms with E-state index in [1.807, 2.05) is 41.3 Å². The highest BCUT2D eigenvalue weighted by molar-refractivity contribution is 5.81. The predicted molar refractivity (Wildman–Crippen MR) is 95.2 cm³/mol. The molecule has 1 aromatic heterocycles. The van der Waals surface area contributed by atoms with E-state index >= 15 is 0 Å². The summed E-state index contributed by atoms with van der Waals surface area (Å²) in [5.41, 5.74) is 2.00. The first-order valence-corrected chi connectivity index (χ1v) is 8.84. The van der Waals surface area contributed by atoms with Crippen LogP contribution in [0.3, 0.4) is 0 Å². The van der Waals surface area contributed by atoms with E-state index in [0.717, 1.165) is 43.0 Å². The van der Waals surface area contributed by atoms with Gasteiger partial charge in [0.2, 0.25) is 0 Å². The largest absolute Gasteiger partial charge is 0.368 e. The Morgan fingerprint density at radius 2 is 1.88 bits per heavy atom. The number of amides is 1. The zero-order valence-electron chi connectivity index (χ0n) is 14.2. The van der Waals surface area contributed by atoms with Crippen LogP contribution in [0.2, 0.25) is 0 Å². The van der Waals surface area contributed by atoms with Crippen molar-refractivity contribution in [1.29, 1.82) is 0 Å². The molecule has 130 valence electrons. The minimum Gasteiger partial charge on any atom is -0.368 e. The summed E-state index contributed by atoms with van der Waals surface area (Å²) in [4.78, 5) is 25.4. The summed E-state index contributed by atoms with van der Waals surface area (Å²) in [6, 6.07) is 12.1. The van der Waals surface area contributed by atoms with E-state index < -0.39 is 0 Å². The van der Waals surface area contributed by atoms with Gasteiger partial charge in [-0.2, -0.15) is 0 Å². The lowest BCUT2D eigenvalue weighted by atomic mass is 10.1. The van der Waals surface area contributed by atoms with Crippen molar-refractivity contribution in [2.24, 2.45) is 0 Å². The molecule has 2 aromatic rings. The average Bonchev–Trinajstić information content (AvgIpc) is 3.23. The summed E-state index contributed by atoms with van der Waals surface area (Å²) in [5.74, 6) is 1.06. The van der Waals surface area contributed by atoms with Crippen LogP contribution in [0.4, 0.5) is 5.82 Å². The topological polar surface area (TPSA) is 58.6 Å². The molecule has 25 heavy (non-hydrogen) atoms. The number of benzene rings is 1. The molecule has 3 heterocycles. The Morgan fingerprint density at radius 1 is 1.08 bits per heavy atom. The van der Waals surface area contributed by atoms with Crippen molar-refractivity contribution in [1.82, 2.24) is 14.9 Å². The van der Waals surface area contributed by atoms with Crippen LogP contribution in [0, 0.1) is 0 Å². The second-order valence-corrected chi connectivity index (χ2v) is 6.44. The van der Waals surface area contributed by atoms with Gasteiger partial charge in [-0.3, -0.25) is 4.79 Å². The van der Waals surface area contributed by atoms with Crippen molar-refractivity contribution in [2.45, 2.75) is 18.9 Å². The van der Waals surface area contributed by atoms with Gasteiger partial charge >= 0.3 is 0 Å². The van der Waals surface area contributed by atoms with Crippen molar-refractivity contribution < 1.29 is 9.53 Å². The van der Waals surface area contributed by atoms with E-state index in [1.54, 1.807) is 6.33 Å². The molecule has 0 bridgehead atoms. The summed E-state index contributed by atoms with van der Waals surface area (Å²) in [7, 11) is 0. The Balaban J connectivity index is 1.42. The number of hydrogen-bond acceptors (Lipinski definition) is 5. The van der Waals surface area contributed by atoms with Crippen LogP contribution in [0.5, 0.6) is 0 Å². The lowest BCUT2D eigenvalue weighted by Gasteiger charge is -2.36. The highest BCUT2D eigenvalue weighted by atomic mass is 16.5. The van der Waals surface area contributed by atoms with Crippen LogP contribution >= 0.6 is 0 Å². The number of nitrogens with zero attached hydrogens (tertiary/aromatic N) is 4. The van der Waals surface area contributed by atoms with Crippen molar-refractivity contribution >= 4 is 11.7 Å². The highest BCUT2D eigenvalue weighted by Crippen LogP contribution is 2.22. The van der Waals surface area contributed by atoms with Crippen LogP contribution in [0.1, 0.15) is 12.8 Å². The van der Waals surface area contributed by atoms with E-state index in [4.69, 9.17) is 4.74 Å². The van der Waals surface area contributed by atoms with E-state index in [-0.39, 0.29) is 12.0 Å². The van der Waals surface area contributed by atoms with Crippen molar-refractivity contribution in [2.75, 3.05) is 37.7 Å². The minimum absolute atomic E-state index is 0.143. The number of hydrogen-bond donors (Lipinski definition) is 0. The zero-order valence-corrected chi connectivity index (χ0v) is 14.2. The minimum atomic E-state index is -0.227. The summed E-state index contributed by atoms with van der Waals surface area (Å²) < 4.78 is 5.52. The first kappa shape index (κ1) is 16.0. The lowest BCUT2D eigenvalue weighted by Crippen LogP contribution is -2.51. The molecular weight excluding hydrogens is 316 g/mol. The molecular formula is C19H22N4O2. The van der Waals surface area contributed by atoms with Gasteiger partial charge in [-0.25, -0.2) is 9.97 Å². The maximum atomic E-state index is 12.4. The first-order chi connectivity index (χ1) is 12.3. The molecule has 6 heteroatoms. The van der Waals surface area contributed by atoms with E-state index in [2.05, 4.69) is 14.9 Å². The number of anilines is 1. The Labute approximate surface area is 147 Å². The molecule has 0 spiro atoms. The number of piperazine rings is 1. The predicted octanol–water partition coefficient (Wildman–Crippen LogP) is 1.97. The van der Waals surface area contributed by atoms with Crippen LogP contribution < -0.4 is 4.90 Å². The first-order valence-electron chi connectivity index (χ1n) is 8.84. The molecule has 2 fully saturated rings. The smallest absolute Gasteiger partial charge is 0.251 e. The number of aromatic nitrogens is 2. The van der Waals surface area contributed by atoms with Gasteiger partial charge in [0.1, 0.15) is 18.2 Å². The van der Waals surface area contributed by atoms with Crippen LogP contribution in [0.15, 0.2) is 42.7 Å². The van der Waals surface area contributed by atoms with Crippen molar-refractivity contribution in [3.63, 3.8) is 0 Å². The molecule has 0 N–H and O–H groups in total. The molecule has 0 aliphatic carbocycles. The summed E-state index contributed by atoms with van der Waals surface area (Å²) in [6.45, 7) is 3.69. The molecule has 1 aromatic carbocycles. The monoisotopic (exact) mass is 338 g/mol. The van der Waals surface area contributed by atoms with E-state index in [1.165, 1.54) is 0 Å². The quantitative estimate of drug-likeness (QED) is 0.856. The summed E-state index contributed by atoms with van der Waals surface area (Å²) in [6.07, 6.45) is 3.22. The van der Waals surface area contributed by atoms with Gasteiger partial charge in [-0.1, -0.05) is 30.3 Å². The third kappa shape index (κ3) is 3.49. The van der Waals surface area contributed by atoms with Gasteiger partial charge in [0.15, 0.2) is 0 Å². The van der Waals surface area contributed by atoms with E-state index in [9.17, 15) is 4.79 Å². The van der Waals surface area contributed by atoms with Gasteiger partial charge in [-0.05, 0) is 12.8 Å². The Hall–Kier alpha value is -2.47. The molecule has 1 atom stereocenters. The van der Waals surface area contributed by atoms with Gasteiger partial charge < -0.3 is 14.5 Å². The van der Waals surface area contributed by atoms with Crippen molar-refractivity contribution in [3.8, 4) is 11.3 Å². The number of ether oxygens (including phenoxy) is 1. The Bertz CT molecular complexity index is 723. The van der Waals surface area contributed by atoms with Gasteiger partial charge in [0, 0.05) is 44.4 Å². The van der Waals surface area contributed by atoms with Crippen LogP contribution in [-0.2, 0) is 9.53 Å². The van der Waals surface area contributed by atoms with Gasteiger partial charge in [-0.15, -0.1) is 0 Å². The molecule has 0 radical (unpaired) electrons. The fourth-order valence-electron chi connectivity index (χ4n) is 3.42. The van der Waals surface area contributed by atoms with Crippen LogP contribution in [-0.4, -0.2) is 59.7 Å². The third-order valence-electron chi connectivity index (χ3n) is 4.84. The molecule has 6 nitrogen and oxygen atoms in total. The lowest BCUT2D eigenvalue weighted by molar-refractivity contribution is -0.141. The Morgan fingerprint density at radius 3 is 2.60 bits per heavy atom. The second-order valence-electron chi connectivity index (χ2n) is 6.44. The molecule has 1 unspecified atom stereocenters.